The summed E-state index contributed by atoms with van der Waals surface area (Å²) in [5, 5.41) is 12.6. The number of anilines is 1. The summed E-state index contributed by atoms with van der Waals surface area (Å²) in [7, 11) is 1.60. The van der Waals surface area contributed by atoms with Crippen LogP contribution in [0.5, 0.6) is 5.75 Å². The largest absolute Gasteiger partial charge is 0.497 e. The lowest BCUT2D eigenvalue weighted by atomic mass is 10.1. The molecular weight excluding hydrogens is 448 g/mol. The van der Waals surface area contributed by atoms with Crippen LogP contribution in [0, 0.1) is 11.3 Å². The van der Waals surface area contributed by atoms with Gasteiger partial charge in [0.15, 0.2) is 5.16 Å². The number of fused-ring (bicyclic) bond motifs is 1. The van der Waals surface area contributed by atoms with E-state index in [1.54, 1.807) is 35.9 Å². The zero-order valence-electron chi connectivity index (χ0n) is 18.5. The number of rotatable bonds is 8. The summed E-state index contributed by atoms with van der Waals surface area (Å²) in [4.78, 5) is 30.5. The Morgan fingerprint density at radius 2 is 1.76 bits per heavy atom. The van der Waals surface area contributed by atoms with Gasteiger partial charge in [-0.05, 0) is 47.5 Å². The first kappa shape index (κ1) is 23.1. The van der Waals surface area contributed by atoms with Crippen LogP contribution in [0.3, 0.4) is 0 Å². The van der Waals surface area contributed by atoms with Crippen LogP contribution in [0.15, 0.2) is 82.7 Å². The van der Waals surface area contributed by atoms with Crippen LogP contribution >= 0.6 is 11.8 Å². The van der Waals surface area contributed by atoms with Gasteiger partial charge in [0.1, 0.15) is 5.75 Å². The number of carbonyl (C=O) groups is 1. The Labute approximate surface area is 201 Å². The standard InChI is InChI=1S/C26H22N4O3S/c1-33-21-12-8-19(9-13-21)16-30-25(32)22-4-2-3-5-23(22)29-26(30)34-17-24(31)28-20-10-6-18(7-11-20)14-15-27/h2-13H,14,16-17H2,1H3,(H,28,31). The Kier molecular flexibility index (Phi) is 7.25. The van der Waals surface area contributed by atoms with Crippen molar-refractivity contribution in [2.45, 2.75) is 18.1 Å². The van der Waals surface area contributed by atoms with Crippen molar-refractivity contribution >= 4 is 34.3 Å². The number of para-hydroxylation sites is 1. The maximum atomic E-state index is 13.3. The van der Waals surface area contributed by atoms with E-state index in [1.807, 2.05) is 48.5 Å². The fraction of sp³-hybridized carbons (Fsp3) is 0.154. The molecule has 0 radical (unpaired) electrons. The van der Waals surface area contributed by atoms with Gasteiger partial charge in [-0.1, -0.05) is 48.2 Å². The van der Waals surface area contributed by atoms with Crippen LogP contribution in [0.25, 0.3) is 10.9 Å². The van der Waals surface area contributed by atoms with Gasteiger partial charge in [-0.25, -0.2) is 4.98 Å². The molecule has 0 saturated carbocycles. The second-order valence-electron chi connectivity index (χ2n) is 7.52. The number of methoxy groups -OCH3 is 1. The first-order valence-corrected chi connectivity index (χ1v) is 11.6. The van der Waals surface area contributed by atoms with Crippen LogP contribution in [0.4, 0.5) is 5.69 Å². The fourth-order valence-electron chi connectivity index (χ4n) is 3.44. The molecule has 0 saturated heterocycles. The third-order valence-electron chi connectivity index (χ3n) is 5.18. The zero-order valence-corrected chi connectivity index (χ0v) is 19.3. The minimum atomic E-state index is -0.212. The number of nitrogens with one attached hydrogen (secondary N) is 1. The molecule has 170 valence electrons. The number of nitriles is 1. The van der Waals surface area contributed by atoms with Gasteiger partial charge in [0.2, 0.25) is 5.91 Å². The molecule has 1 heterocycles. The molecule has 1 amide bonds. The highest BCUT2D eigenvalue weighted by atomic mass is 32.2. The molecule has 0 unspecified atom stereocenters. The Hall–Kier alpha value is -4.09. The number of aromatic nitrogens is 2. The number of amides is 1. The van der Waals surface area contributed by atoms with Crippen molar-refractivity contribution in [2.24, 2.45) is 0 Å². The van der Waals surface area contributed by atoms with Gasteiger partial charge in [-0.3, -0.25) is 14.2 Å². The lowest BCUT2D eigenvalue weighted by Gasteiger charge is -2.14. The van der Waals surface area contributed by atoms with Gasteiger partial charge in [-0.2, -0.15) is 5.26 Å². The SMILES string of the molecule is COc1ccc(Cn2c(SCC(=O)Nc3ccc(CC#N)cc3)nc3ccccc3c2=O)cc1. The van der Waals surface area contributed by atoms with Crippen molar-refractivity contribution in [3.8, 4) is 11.8 Å². The summed E-state index contributed by atoms with van der Waals surface area (Å²) in [6, 6.07) is 23.9. The molecular formula is C26H22N4O3S. The molecule has 0 aliphatic rings. The third kappa shape index (κ3) is 5.45. The zero-order chi connectivity index (χ0) is 23.9. The van der Waals surface area contributed by atoms with E-state index in [9.17, 15) is 9.59 Å². The lowest BCUT2D eigenvalue weighted by Crippen LogP contribution is -2.24. The Morgan fingerprint density at radius 1 is 1.06 bits per heavy atom. The summed E-state index contributed by atoms with van der Waals surface area (Å²) >= 11 is 1.21. The number of hydrogen-bond donors (Lipinski definition) is 1. The smallest absolute Gasteiger partial charge is 0.262 e. The lowest BCUT2D eigenvalue weighted by molar-refractivity contribution is -0.113. The minimum absolute atomic E-state index is 0.0906. The second-order valence-corrected chi connectivity index (χ2v) is 8.46. The summed E-state index contributed by atoms with van der Waals surface area (Å²) in [5.74, 6) is 0.615. The van der Waals surface area contributed by atoms with E-state index in [4.69, 9.17) is 10.00 Å². The average Bonchev–Trinajstić information content (AvgIpc) is 2.86. The molecule has 3 aromatic carbocycles. The van der Waals surface area contributed by atoms with Crippen molar-refractivity contribution in [2.75, 3.05) is 18.2 Å². The molecule has 0 bridgehead atoms. The van der Waals surface area contributed by atoms with E-state index in [2.05, 4.69) is 16.4 Å². The molecule has 1 N–H and O–H groups in total. The van der Waals surface area contributed by atoms with Crippen molar-refractivity contribution in [3.63, 3.8) is 0 Å². The first-order chi connectivity index (χ1) is 16.6. The van der Waals surface area contributed by atoms with E-state index in [0.717, 1.165) is 16.9 Å². The Balaban J connectivity index is 1.55. The summed E-state index contributed by atoms with van der Waals surface area (Å²) in [5.41, 5.74) is 2.89. The summed E-state index contributed by atoms with van der Waals surface area (Å²) in [6.07, 6.45) is 0.323. The predicted octanol–water partition coefficient (Wildman–Crippen LogP) is 4.25. The van der Waals surface area contributed by atoms with E-state index in [1.165, 1.54) is 11.8 Å². The molecule has 0 atom stereocenters. The molecule has 34 heavy (non-hydrogen) atoms. The number of carbonyl (C=O) groups excluding carboxylic acids is 1. The van der Waals surface area contributed by atoms with Crippen molar-refractivity contribution in [3.05, 3.63) is 94.3 Å². The molecule has 4 rings (SSSR count). The normalized spacial score (nSPS) is 10.6. The number of hydrogen-bond acceptors (Lipinski definition) is 6. The number of benzene rings is 3. The first-order valence-electron chi connectivity index (χ1n) is 10.6. The van der Waals surface area contributed by atoms with Gasteiger partial charge in [0, 0.05) is 5.69 Å². The second kappa shape index (κ2) is 10.7. The van der Waals surface area contributed by atoms with Crippen molar-refractivity contribution < 1.29 is 9.53 Å². The molecule has 0 fully saturated rings. The number of ether oxygens (including phenoxy) is 1. The number of thioether (sulfide) groups is 1. The minimum Gasteiger partial charge on any atom is -0.497 e. The van der Waals surface area contributed by atoms with Crippen LogP contribution in [0.1, 0.15) is 11.1 Å². The van der Waals surface area contributed by atoms with Crippen molar-refractivity contribution in [1.29, 1.82) is 5.26 Å². The molecule has 4 aromatic rings. The maximum Gasteiger partial charge on any atom is 0.262 e. The molecule has 8 heteroatoms. The van der Waals surface area contributed by atoms with Gasteiger partial charge in [0.25, 0.3) is 5.56 Å². The molecule has 1 aromatic heterocycles. The van der Waals surface area contributed by atoms with E-state index < -0.39 is 0 Å². The maximum absolute atomic E-state index is 13.3. The highest BCUT2D eigenvalue weighted by Gasteiger charge is 2.14. The van der Waals surface area contributed by atoms with Gasteiger partial charge >= 0.3 is 0 Å². The van der Waals surface area contributed by atoms with E-state index in [0.29, 0.717) is 34.7 Å². The molecule has 7 nitrogen and oxygen atoms in total. The van der Waals surface area contributed by atoms with Crippen molar-refractivity contribution in [1.82, 2.24) is 9.55 Å². The highest BCUT2D eigenvalue weighted by molar-refractivity contribution is 7.99. The monoisotopic (exact) mass is 470 g/mol. The average molecular weight is 471 g/mol. The highest BCUT2D eigenvalue weighted by Crippen LogP contribution is 2.20. The van der Waals surface area contributed by atoms with Gasteiger partial charge in [0.05, 0.1) is 42.8 Å². The van der Waals surface area contributed by atoms with Gasteiger partial charge in [-0.15, -0.1) is 0 Å². The predicted molar refractivity (Wildman–Crippen MR) is 133 cm³/mol. The van der Waals surface area contributed by atoms with Crippen LogP contribution in [-0.4, -0.2) is 28.3 Å². The van der Waals surface area contributed by atoms with E-state index >= 15 is 0 Å². The summed E-state index contributed by atoms with van der Waals surface area (Å²) < 4.78 is 6.81. The van der Waals surface area contributed by atoms with Gasteiger partial charge < -0.3 is 10.1 Å². The van der Waals surface area contributed by atoms with E-state index in [-0.39, 0.29) is 17.2 Å². The molecule has 0 aliphatic carbocycles. The van der Waals surface area contributed by atoms with Crippen LogP contribution in [-0.2, 0) is 17.8 Å². The molecule has 0 spiro atoms. The van der Waals surface area contributed by atoms with Crippen LogP contribution in [0.2, 0.25) is 0 Å². The summed E-state index contributed by atoms with van der Waals surface area (Å²) in [6.45, 7) is 0.324. The Bertz CT molecular complexity index is 1410. The quantitative estimate of drug-likeness (QED) is 0.305. The molecule has 0 aliphatic heterocycles. The number of nitrogens with zero attached hydrogens (tertiary/aromatic N) is 3. The third-order valence-corrected chi connectivity index (χ3v) is 6.16. The van der Waals surface area contributed by atoms with Crippen LogP contribution < -0.4 is 15.6 Å². The topological polar surface area (TPSA) is 97.0 Å². The Morgan fingerprint density at radius 3 is 2.47 bits per heavy atom. The fourth-order valence-corrected chi connectivity index (χ4v) is 4.23.